The highest BCUT2D eigenvalue weighted by Crippen LogP contribution is 2.43. The number of hydrogen-bond donors (Lipinski definition) is 0. The van der Waals surface area contributed by atoms with Gasteiger partial charge in [-0.15, -0.1) is 0 Å². The van der Waals surface area contributed by atoms with Crippen LogP contribution in [-0.4, -0.2) is 25.1 Å². The number of imide groups is 1. The standard InChI is InChI=1S/C29H19NO5S/c31-28-22-13-7-8-14-23(22)29(32)30(28)18-19-15-16-24-25(17-19)36(33,34)35-27(21-11-5-2-6-12-21)26(24)20-9-3-1-4-10-20/h1-17H,18H2. The molecule has 0 radical (unpaired) electrons. The molecule has 0 bridgehead atoms. The highest BCUT2D eigenvalue weighted by atomic mass is 32.2. The van der Waals surface area contributed by atoms with Crippen LogP contribution in [-0.2, 0) is 20.8 Å². The van der Waals surface area contributed by atoms with Crippen LogP contribution in [0.1, 0.15) is 43.0 Å². The zero-order valence-corrected chi connectivity index (χ0v) is 19.7. The zero-order chi connectivity index (χ0) is 24.9. The van der Waals surface area contributed by atoms with Crippen molar-refractivity contribution in [2.24, 2.45) is 0 Å². The molecule has 0 aliphatic carbocycles. The van der Waals surface area contributed by atoms with E-state index < -0.39 is 21.9 Å². The van der Waals surface area contributed by atoms with Crippen LogP contribution in [0.25, 0.3) is 11.3 Å². The summed E-state index contributed by atoms with van der Waals surface area (Å²) < 4.78 is 32.3. The van der Waals surface area contributed by atoms with E-state index in [-0.39, 0.29) is 17.2 Å². The van der Waals surface area contributed by atoms with Gasteiger partial charge in [0.15, 0.2) is 5.76 Å². The first-order valence-corrected chi connectivity index (χ1v) is 12.7. The molecule has 4 aromatic rings. The van der Waals surface area contributed by atoms with E-state index in [1.54, 1.807) is 48.5 Å². The lowest BCUT2D eigenvalue weighted by molar-refractivity contribution is 0.0642. The zero-order valence-electron chi connectivity index (χ0n) is 18.9. The minimum absolute atomic E-state index is 0.00450. The molecule has 0 N–H and O–H groups in total. The molecule has 0 spiro atoms. The molecular weight excluding hydrogens is 474 g/mol. The van der Waals surface area contributed by atoms with Crippen LogP contribution < -0.4 is 0 Å². The first kappa shape index (κ1) is 22.0. The summed E-state index contributed by atoms with van der Waals surface area (Å²) in [5, 5.41) is 0. The molecule has 2 aliphatic rings. The molecule has 176 valence electrons. The van der Waals surface area contributed by atoms with Crippen molar-refractivity contribution < 1.29 is 22.2 Å². The molecule has 7 heteroatoms. The van der Waals surface area contributed by atoms with Gasteiger partial charge in [-0.2, -0.15) is 8.42 Å². The molecule has 2 aliphatic heterocycles. The topological polar surface area (TPSA) is 80.8 Å². The molecule has 0 fully saturated rings. The van der Waals surface area contributed by atoms with E-state index in [2.05, 4.69) is 0 Å². The van der Waals surface area contributed by atoms with E-state index in [1.165, 1.54) is 6.07 Å². The molecule has 0 saturated carbocycles. The summed E-state index contributed by atoms with van der Waals surface area (Å²) in [5.41, 5.74) is 3.79. The predicted molar refractivity (Wildman–Crippen MR) is 134 cm³/mol. The molecule has 4 aromatic carbocycles. The maximum Gasteiger partial charge on any atom is 0.339 e. The molecule has 0 atom stereocenters. The summed E-state index contributed by atoms with van der Waals surface area (Å²) in [5.74, 6) is -0.547. The van der Waals surface area contributed by atoms with Crippen LogP contribution in [0.5, 0.6) is 0 Å². The smallest absolute Gasteiger partial charge is 0.339 e. The van der Waals surface area contributed by atoms with Gasteiger partial charge in [0.2, 0.25) is 0 Å². The molecule has 6 nitrogen and oxygen atoms in total. The third-order valence-electron chi connectivity index (χ3n) is 6.32. The number of carbonyl (C=O) groups excluding carboxylic acids is 2. The monoisotopic (exact) mass is 493 g/mol. The Balaban J connectivity index is 1.47. The molecule has 2 heterocycles. The molecule has 6 rings (SSSR count). The predicted octanol–water partition coefficient (Wildman–Crippen LogP) is 5.12. The van der Waals surface area contributed by atoms with Gasteiger partial charge >= 0.3 is 10.1 Å². The van der Waals surface area contributed by atoms with Crippen molar-refractivity contribution in [1.29, 1.82) is 0 Å². The first-order chi connectivity index (χ1) is 17.4. The lowest BCUT2D eigenvalue weighted by Gasteiger charge is -2.25. The van der Waals surface area contributed by atoms with Crippen LogP contribution in [0.3, 0.4) is 0 Å². The molecule has 36 heavy (non-hydrogen) atoms. The van der Waals surface area contributed by atoms with Crippen molar-refractivity contribution in [3.05, 3.63) is 137 Å². The Bertz CT molecular complexity index is 1640. The number of rotatable bonds is 4. The first-order valence-electron chi connectivity index (χ1n) is 11.3. The van der Waals surface area contributed by atoms with E-state index in [4.69, 9.17) is 4.18 Å². The number of hydrogen-bond acceptors (Lipinski definition) is 5. The normalized spacial score (nSPS) is 15.9. The second-order valence-electron chi connectivity index (χ2n) is 8.55. The van der Waals surface area contributed by atoms with Crippen molar-refractivity contribution >= 4 is 33.3 Å². The van der Waals surface area contributed by atoms with E-state index >= 15 is 0 Å². The molecule has 0 aromatic heterocycles. The average molecular weight is 494 g/mol. The lowest BCUT2D eigenvalue weighted by Crippen LogP contribution is -2.29. The Morgan fingerprint density at radius 1 is 0.639 bits per heavy atom. The Morgan fingerprint density at radius 2 is 1.19 bits per heavy atom. The van der Waals surface area contributed by atoms with E-state index in [1.807, 2.05) is 48.5 Å². The fourth-order valence-electron chi connectivity index (χ4n) is 4.64. The number of carbonyl (C=O) groups is 2. The summed E-state index contributed by atoms with van der Waals surface area (Å²) >= 11 is 0. The largest absolute Gasteiger partial charge is 0.378 e. The lowest BCUT2D eigenvalue weighted by atomic mass is 9.93. The highest BCUT2D eigenvalue weighted by molar-refractivity contribution is 7.87. The van der Waals surface area contributed by atoms with Crippen LogP contribution in [0.4, 0.5) is 0 Å². The summed E-state index contributed by atoms with van der Waals surface area (Å²) in [6.45, 7) is -0.0505. The van der Waals surface area contributed by atoms with Crippen molar-refractivity contribution in [2.45, 2.75) is 11.4 Å². The van der Waals surface area contributed by atoms with Crippen LogP contribution in [0.2, 0.25) is 0 Å². The quantitative estimate of drug-likeness (QED) is 0.291. The second-order valence-corrected chi connectivity index (χ2v) is 10.1. The molecular formula is C29H19NO5S. The number of nitrogens with zero attached hydrogens (tertiary/aromatic N) is 1. The molecule has 0 unspecified atom stereocenters. The van der Waals surface area contributed by atoms with Crippen molar-refractivity contribution in [2.75, 3.05) is 0 Å². The fraction of sp³-hybridized carbons (Fsp3) is 0.0345. The maximum absolute atomic E-state index is 13.3. The fourth-order valence-corrected chi connectivity index (χ4v) is 5.86. The summed E-state index contributed by atoms with van der Waals surface area (Å²) in [4.78, 5) is 26.8. The van der Waals surface area contributed by atoms with Gasteiger partial charge in [-0.3, -0.25) is 14.5 Å². The highest BCUT2D eigenvalue weighted by Gasteiger charge is 2.37. The SMILES string of the molecule is O=C1c2ccccc2C(=O)N1Cc1ccc2c(c1)S(=O)(=O)OC(c1ccccc1)=C2c1ccccc1. The molecule has 2 amide bonds. The van der Waals surface area contributed by atoms with Gasteiger partial charge in [0, 0.05) is 16.7 Å². The van der Waals surface area contributed by atoms with Gasteiger partial charge in [0.1, 0.15) is 4.90 Å². The van der Waals surface area contributed by atoms with Gasteiger partial charge in [0.05, 0.1) is 17.7 Å². The third-order valence-corrected chi connectivity index (χ3v) is 7.58. The van der Waals surface area contributed by atoms with Gasteiger partial charge in [-0.1, -0.05) is 84.9 Å². The van der Waals surface area contributed by atoms with Crippen LogP contribution >= 0.6 is 0 Å². The van der Waals surface area contributed by atoms with Gasteiger partial charge in [-0.05, 0) is 29.3 Å². The van der Waals surface area contributed by atoms with Crippen molar-refractivity contribution in [3.63, 3.8) is 0 Å². The van der Waals surface area contributed by atoms with Crippen molar-refractivity contribution in [1.82, 2.24) is 4.90 Å². The summed E-state index contributed by atoms with van der Waals surface area (Å²) in [7, 11) is -4.16. The van der Waals surface area contributed by atoms with Gasteiger partial charge in [0.25, 0.3) is 11.8 Å². The Kier molecular flexibility index (Phi) is 5.09. The van der Waals surface area contributed by atoms with Gasteiger partial charge < -0.3 is 4.18 Å². The van der Waals surface area contributed by atoms with Crippen LogP contribution in [0, 0.1) is 0 Å². The average Bonchev–Trinajstić information content (AvgIpc) is 3.14. The minimum atomic E-state index is -4.16. The Hall–Kier alpha value is -4.49. The number of amides is 2. The minimum Gasteiger partial charge on any atom is -0.378 e. The van der Waals surface area contributed by atoms with Gasteiger partial charge in [-0.25, -0.2) is 0 Å². The Morgan fingerprint density at radius 3 is 1.81 bits per heavy atom. The Labute approximate surface area is 208 Å². The van der Waals surface area contributed by atoms with E-state index in [0.29, 0.717) is 33.4 Å². The van der Waals surface area contributed by atoms with E-state index in [0.717, 1.165) is 10.5 Å². The summed E-state index contributed by atoms with van der Waals surface area (Å²) in [6, 6.07) is 30.1. The molecule has 0 saturated heterocycles. The number of benzene rings is 4. The van der Waals surface area contributed by atoms with Crippen molar-refractivity contribution in [3.8, 4) is 0 Å². The third kappa shape index (κ3) is 3.52. The number of fused-ring (bicyclic) bond motifs is 2. The second kappa shape index (κ2) is 8.32. The maximum atomic E-state index is 13.3. The van der Waals surface area contributed by atoms with E-state index in [9.17, 15) is 18.0 Å². The van der Waals surface area contributed by atoms with Crippen LogP contribution in [0.15, 0.2) is 108 Å². The summed E-state index contributed by atoms with van der Waals surface area (Å²) in [6.07, 6.45) is 0.